The number of nitrogens with two attached hydrogens (primary N) is 1. The van der Waals surface area contributed by atoms with Crippen LogP contribution in [-0.2, 0) is 14.3 Å². The number of nitrogens with one attached hydrogen (secondary N) is 1. The van der Waals surface area contributed by atoms with Crippen LogP contribution in [-0.4, -0.2) is 50.1 Å². The first-order valence-electron chi connectivity index (χ1n) is 5.41. The largest absolute Gasteiger partial charge is 0.415 e. The summed E-state index contributed by atoms with van der Waals surface area (Å²) in [5.74, 6) is -1.28. The molecule has 5 nitrogen and oxygen atoms in total. The van der Waals surface area contributed by atoms with Gasteiger partial charge in [-0.25, -0.2) is 0 Å². The van der Waals surface area contributed by atoms with E-state index in [2.05, 4.69) is 5.32 Å². The summed E-state index contributed by atoms with van der Waals surface area (Å²) in [6, 6.07) is 0. The fourth-order valence-corrected chi connectivity index (χ4v) is 1.51. The average molecular weight is 270 g/mol. The molecule has 3 N–H and O–H groups in total. The molecule has 1 heterocycles. The Balaban J connectivity index is 2.61. The Hall–Kier alpha value is -0.860. The highest BCUT2D eigenvalue weighted by molar-refractivity contribution is 5.86. The summed E-state index contributed by atoms with van der Waals surface area (Å²) in [5, 5.41) is 2.17. The third kappa shape index (κ3) is 2.93. The van der Waals surface area contributed by atoms with Crippen LogP contribution in [0.4, 0.5) is 13.2 Å². The summed E-state index contributed by atoms with van der Waals surface area (Å²) in [5.41, 5.74) is 1.32. The number of hydrogen-bond acceptors (Lipinski definition) is 4. The van der Waals surface area contributed by atoms with E-state index in [4.69, 9.17) is 15.2 Å². The minimum Gasteiger partial charge on any atom is -0.378 e. The zero-order valence-electron chi connectivity index (χ0n) is 10.3. The van der Waals surface area contributed by atoms with Crippen LogP contribution >= 0.6 is 0 Å². The molecule has 1 amide bonds. The van der Waals surface area contributed by atoms with Crippen molar-refractivity contribution in [2.24, 2.45) is 5.73 Å². The molecule has 2 unspecified atom stereocenters. The van der Waals surface area contributed by atoms with E-state index in [0.717, 1.165) is 0 Å². The lowest BCUT2D eigenvalue weighted by atomic mass is 9.99. The molecule has 1 rings (SSSR count). The van der Waals surface area contributed by atoms with Gasteiger partial charge in [-0.2, -0.15) is 13.2 Å². The second-order valence-corrected chi connectivity index (χ2v) is 4.57. The van der Waals surface area contributed by atoms with Crippen molar-refractivity contribution in [3.63, 3.8) is 0 Å². The van der Waals surface area contributed by atoms with Crippen molar-refractivity contribution < 1.29 is 27.4 Å². The van der Waals surface area contributed by atoms with Crippen LogP contribution in [0.1, 0.15) is 13.3 Å². The van der Waals surface area contributed by atoms with Crippen molar-refractivity contribution in [2.45, 2.75) is 30.7 Å². The number of halogens is 3. The quantitative estimate of drug-likeness (QED) is 0.764. The number of carbonyl (C=O) groups excluding carboxylic acids is 1. The molecule has 1 aliphatic heterocycles. The van der Waals surface area contributed by atoms with Gasteiger partial charge in [-0.3, -0.25) is 4.79 Å². The third-order valence-electron chi connectivity index (χ3n) is 3.13. The number of rotatable bonds is 4. The van der Waals surface area contributed by atoms with E-state index in [0.29, 0.717) is 20.0 Å². The van der Waals surface area contributed by atoms with Gasteiger partial charge in [0.1, 0.15) is 5.60 Å². The molecular formula is C10H17F3N2O3. The van der Waals surface area contributed by atoms with Crippen molar-refractivity contribution in [1.29, 1.82) is 0 Å². The van der Waals surface area contributed by atoms with Gasteiger partial charge in [-0.1, -0.05) is 0 Å². The van der Waals surface area contributed by atoms with Gasteiger partial charge in [0.25, 0.3) is 0 Å². The first-order valence-corrected chi connectivity index (χ1v) is 5.41. The second kappa shape index (κ2) is 5.02. The maximum absolute atomic E-state index is 12.5. The van der Waals surface area contributed by atoms with Crippen molar-refractivity contribution >= 4 is 5.91 Å². The number of alkyl halides is 3. The van der Waals surface area contributed by atoms with Gasteiger partial charge in [0.05, 0.1) is 6.61 Å². The molecule has 106 valence electrons. The Labute approximate surface area is 103 Å². The SMILES string of the molecule is COC1(CNC(=O)C(C)(N)C(F)(F)F)CCOC1. The molecular weight excluding hydrogens is 253 g/mol. The van der Waals surface area contributed by atoms with E-state index in [-0.39, 0.29) is 13.2 Å². The molecule has 0 bridgehead atoms. The van der Waals surface area contributed by atoms with Crippen LogP contribution in [0.5, 0.6) is 0 Å². The lowest BCUT2D eigenvalue weighted by Crippen LogP contribution is -2.63. The van der Waals surface area contributed by atoms with Crippen molar-refractivity contribution in [1.82, 2.24) is 5.32 Å². The zero-order chi connectivity index (χ0) is 14.0. The third-order valence-corrected chi connectivity index (χ3v) is 3.13. The van der Waals surface area contributed by atoms with E-state index >= 15 is 0 Å². The van der Waals surface area contributed by atoms with Crippen molar-refractivity contribution in [2.75, 3.05) is 26.9 Å². The second-order valence-electron chi connectivity index (χ2n) is 4.57. The topological polar surface area (TPSA) is 73.6 Å². The Morgan fingerprint density at radius 3 is 2.56 bits per heavy atom. The van der Waals surface area contributed by atoms with Gasteiger partial charge in [0.15, 0.2) is 5.54 Å². The predicted molar refractivity (Wildman–Crippen MR) is 56.8 cm³/mol. The first-order chi connectivity index (χ1) is 8.15. The lowest BCUT2D eigenvalue weighted by Gasteiger charge is -2.30. The van der Waals surface area contributed by atoms with Crippen LogP contribution in [0, 0.1) is 0 Å². The maximum Gasteiger partial charge on any atom is 0.415 e. The molecule has 1 aliphatic rings. The molecule has 1 saturated heterocycles. The highest BCUT2D eigenvalue weighted by atomic mass is 19.4. The van der Waals surface area contributed by atoms with Crippen molar-refractivity contribution in [3.05, 3.63) is 0 Å². The molecule has 0 aromatic carbocycles. The van der Waals surface area contributed by atoms with Gasteiger partial charge in [-0.05, 0) is 6.92 Å². The summed E-state index contributed by atoms with van der Waals surface area (Å²) in [7, 11) is 1.42. The van der Waals surface area contributed by atoms with Gasteiger partial charge in [0.2, 0.25) is 5.91 Å². The number of ether oxygens (including phenoxy) is 2. The standard InChI is InChI=1S/C10H17F3N2O3/c1-8(14,10(11,12)13)7(16)15-5-9(17-2)3-4-18-6-9/h3-6,14H2,1-2H3,(H,15,16). The van der Waals surface area contributed by atoms with Gasteiger partial charge in [-0.15, -0.1) is 0 Å². The summed E-state index contributed by atoms with van der Waals surface area (Å²) in [6.07, 6.45) is -4.29. The van der Waals surface area contributed by atoms with Crippen LogP contribution in [0.2, 0.25) is 0 Å². The van der Waals surface area contributed by atoms with Crippen LogP contribution in [0.25, 0.3) is 0 Å². The first kappa shape index (κ1) is 15.2. The molecule has 2 atom stereocenters. The minimum absolute atomic E-state index is 0.0643. The van der Waals surface area contributed by atoms with E-state index in [1.165, 1.54) is 7.11 Å². The Kier molecular flexibility index (Phi) is 4.24. The molecule has 0 spiro atoms. The monoisotopic (exact) mass is 270 g/mol. The minimum atomic E-state index is -4.80. The normalized spacial score (nSPS) is 27.9. The maximum atomic E-state index is 12.5. The highest BCUT2D eigenvalue weighted by Crippen LogP contribution is 2.28. The number of methoxy groups -OCH3 is 1. The molecule has 18 heavy (non-hydrogen) atoms. The number of amides is 1. The summed E-state index contributed by atoms with van der Waals surface area (Å²) >= 11 is 0. The fourth-order valence-electron chi connectivity index (χ4n) is 1.51. The van der Waals surface area contributed by atoms with Crippen LogP contribution < -0.4 is 11.1 Å². The fraction of sp³-hybridized carbons (Fsp3) is 0.900. The molecule has 8 heteroatoms. The van der Waals surface area contributed by atoms with E-state index < -0.39 is 23.2 Å². The van der Waals surface area contributed by atoms with E-state index in [1.54, 1.807) is 0 Å². The Morgan fingerprint density at radius 2 is 2.17 bits per heavy atom. The molecule has 0 aliphatic carbocycles. The number of carbonyl (C=O) groups is 1. The zero-order valence-corrected chi connectivity index (χ0v) is 10.3. The van der Waals surface area contributed by atoms with E-state index in [1.807, 2.05) is 0 Å². The molecule has 1 fully saturated rings. The number of hydrogen-bond donors (Lipinski definition) is 2. The van der Waals surface area contributed by atoms with Gasteiger partial charge >= 0.3 is 6.18 Å². The van der Waals surface area contributed by atoms with E-state index in [9.17, 15) is 18.0 Å². The highest BCUT2D eigenvalue weighted by Gasteiger charge is 2.54. The Bertz CT molecular complexity index is 312. The molecule has 0 saturated carbocycles. The summed E-state index contributed by atoms with van der Waals surface area (Å²) in [4.78, 5) is 11.5. The predicted octanol–water partition coefficient (Wildman–Crippen LogP) is 0.188. The Morgan fingerprint density at radius 1 is 1.56 bits per heavy atom. The molecule has 0 radical (unpaired) electrons. The van der Waals surface area contributed by atoms with Crippen LogP contribution in [0.15, 0.2) is 0 Å². The van der Waals surface area contributed by atoms with Crippen LogP contribution in [0.3, 0.4) is 0 Å². The molecule has 0 aromatic heterocycles. The summed E-state index contributed by atoms with van der Waals surface area (Å²) < 4.78 is 47.9. The smallest absolute Gasteiger partial charge is 0.378 e. The van der Waals surface area contributed by atoms with Gasteiger partial charge < -0.3 is 20.5 Å². The molecule has 0 aromatic rings. The average Bonchev–Trinajstić information content (AvgIpc) is 2.73. The van der Waals surface area contributed by atoms with Gasteiger partial charge in [0, 0.05) is 26.7 Å². The lowest BCUT2D eigenvalue weighted by molar-refractivity contribution is -0.188. The van der Waals surface area contributed by atoms with Crippen molar-refractivity contribution in [3.8, 4) is 0 Å². The summed E-state index contributed by atoms with van der Waals surface area (Å²) in [6.45, 7) is 1.25.